The van der Waals surface area contributed by atoms with E-state index in [4.69, 9.17) is 16.0 Å². The van der Waals surface area contributed by atoms with E-state index in [9.17, 15) is 9.59 Å². The highest BCUT2D eigenvalue weighted by Crippen LogP contribution is 2.28. The molecule has 0 bridgehead atoms. The Labute approximate surface area is 156 Å². The minimum atomic E-state index is -0.101. The average molecular weight is 371 g/mol. The normalized spacial score (nSPS) is 11.0. The molecule has 0 saturated heterocycles. The highest BCUT2D eigenvalue weighted by molar-refractivity contribution is 6.30. The molecule has 0 radical (unpaired) electrons. The van der Waals surface area contributed by atoms with E-state index >= 15 is 0 Å². The molecule has 0 amide bonds. The van der Waals surface area contributed by atoms with Crippen LogP contribution in [0, 0.1) is 0 Å². The molecule has 0 aliphatic heterocycles. The second kappa shape index (κ2) is 7.79. The first kappa shape index (κ1) is 18.3. The Morgan fingerprint density at radius 1 is 1.00 bits per heavy atom. The minimum Gasteiger partial charge on any atom is -0.434 e. The number of benzene rings is 1. The van der Waals surface area contributed by atoms with Crippen molar-refractivity contribution in [3.8, 4) is 11.5 Å². The zero-order chi connectivity index (χ0) is 18.7. The molecule has 3 rings (SSSR count). The van der Waals surface area contributed by atoms with E-state index in [2.05, 4.69) is 9.97 Å². The molecular weight excluding hydrogens is 352 g/mol. The van der Waals surface area contributed by atoms with Crippen LogP contribution < -0.4 is 0 Å². The molecule has 6 heteroatoms. The van der Waals surface area contributed by atoms with Gasteiger partial charge in [-0.15, -0.1) is 0 Å². The molecule has 0 aliphatic rings. The van der Waals surface area contributed by atoms with Gasteiger partial charge in [0, 0.05) is 23.4 Å². The largest absolute Gasteiger partial charge is 0.434 e. The van der Waals surface area contributed by atoms with Gasteiger partial charge < -0.3 is 4.42 Å². The summed E-state index contributed by atoms with van der Waals surface area (Å²) < 4.78 is 5.84. The lowest BCUT2D eigenvalue weighted by atomic mass is 10.0. The summed E-state index contributed by atoms with van der Waals surface area (Å²) in [6, 6.07) is 8.57. The summed E-state index contributed by atoms with van der Waals surface area (Å²) in [5.41, 5.74) is 1.94. The summed E-state index contributed by atoms with van der Waals surface area (Å²) in [4.78, 5) is 33.5. The van der Waals surface area contributed by atoms with Crippen LogP contribution in [0.3, 0.4) is 0 Å². The lowest BCUT2D eigenvalue weighted by molar-refractivity contribution is 0.0977. The van der Waals surface area contributed by atoms with Crippen molar-refractivity contribution in [2.24, 2.45) is 0 Å². The van der Waals surface area contributed by atoms with Gasteiger partial charge in [-0.1, -0.05) is 25.4 Å². The van der Waals surface area contributed by atoms with E-state index in [0.717, 1.165) is 5.56 Å². The number of ketones is 2. The quantitative estimate of drug-likeness (QED) is 0.513. The lowest BCUT2D eigenvalue weighted by Crippen LogP contribution is -2.07. The van der Waals surface area contributed by atoms with E-state index in [-0.39, 0.29) is 22.9 Å². The number of Topliss-reactive ketones (excluding diaryl/α,β-unsaturated/α-hetero) is 2. The minimum absolute atomic E-state index is 0.0794. The number of hydrogen-bond acceptors (Lipinski definition) is 5. The van der Waals surface area contributed by atoms with E-state index in [0.29, 0.717) is 47.7 Å². The third-order valence-electron chi connectivity index (χ3n) is 3.99. The van der Waals surface area contributed by atoms with Crippen LogP contribution in [0.4, 0.5) is 0 Å². The summed E-state index contributed by atoms with van der Waals surface area (Å²) >= 11 is 5.92. The summed E-state index contributed by atoms with van der Waals surface area (Å²) in [5.74, 6) is 0.162. The predicted molar refractivity (Wildman–Crippen MR) is 101 cm³/mol. The number of fused-ring (bicyclic) bond motifs is 1. The standard InChI is InChI=1S/C20H19ClN2O3/c1-3-5-16(24)14-11-15(17(25)6-4-2)22-19-18(14)26-20(23-19)12-7-9-13(21)10-8-12/h7-11H,3-6H2,1-2H3. The van der Waals surface area contributed by atoms with Gasteiger partial charge in [-0.05, 0) is 43.2 Å². The maximum absolute atomic E-state index is 12.5. The van der Waals surface area contributed by atoms with Gasteiger partial charge in [0.2, 0.25) is 11.5 Å². The number of oxazole rings is 1. The number of hydrogen-bond donors (Lipinski definition) is 0. The van der Waals surface area contributed by atoms with Crippen LogP contribution in [0.1, 0.15) is 60.4 Å². The fourth-order valence-corrected chi connectivity index (χ4v) is 2.82. The van der Waals surface area contributed by atoms with E-state index < -0.39 is 0 Å². The number of rotatable bonds is 7. The van der Waals surface area contributed by atoms with Gasteiger partial charge in [0.1, 0.15) is 5.69 Å². The molecule has 0 N–H and O–H groups in total. The Morgan fingerprint density at radius 3 is 2.31 bits per heavy atom. The van der Waals surface area contributed by atoms with Crippen LogP contribution >= 0.6 is 11.6 Å². The second-order valence-electron chi connectivity index (χ2n) is 6.08. The van der Waals surface area contributed by atoms with Gasteiger partial charge in [0.25, 0.3) is 0 Å². The van der Waals surface area contributed by atoms with Crippen LogP contribution in [-0.2, 0) is 0 Å². The number of pyridine rings is 1. The molecule has 0 saturated carbocycles. The van der Waals surface area contributed by atoms with Crippen molar-refractivity contribution < 1.29 is 14.0 Å². The second-order valence-corrected chi connectivity index (χ2v) is 6.52. The molecule has 134 valence electrons. The third kappa shape index (κ3) is 3.68. The fourth-order valence-electron chi connectivity index (χ4n) is 2.69. The van der Waals surface area contributed by atoms with E-state index in [1.54, 1.807) is 24.3 Å². The van der Waals surface area contributed by atoms with Gasteiger partial charge >= 0.3 is 0 Å². The molecule has 2 heterocycles. The van der Waals surface area contributed by atoms with Gasteiger partial charge in [0.05, 0.1) is 5.56 Å². The summed E-state index contributed by atoms with van der Waals surface area (Å²) in [6.07, 6.45) is 2.17. The van der Waals surface area contributed by atoms with Crippen LogP contribution in [-0.4, -0.2) is 21.5 Å². The topological polar surface area (TPSA) is 73.1 Å². The molecule has 1 aromatic carbocycles. The van der Waals surface area contributed by atoms with Gasteiger partial charge in [-0.3, -0.25) is 9.59 Å². The van der Waals surface area contributed by atoms with Crippen LogP contribution in [0.25, 0.3) is 22.7 Å². The number of aromatic nitrogens is 2. The Balaban J connectivity index is 2.15. The monoisotopic (exact) mass is 370 g/mol. The first-order chi connectivity index (χ1) is 12.5. The molecule has 0 atom stereocenters. The molecule has 0 unspecified atom stereocenters. The Kier molecular flexibility index (Phi) is 5.47. The summed E-state index contributed by atoms with van der Waals surface area (Å²) in [5, 5.41) is 0.606. The van der Waals surface area contributed by atoms with Crippen molar-refractivity contribution in [3.63, 3.8) is 0 Å². The lowest BCUT2D eigenvalue weighted by Gasteiger charge is -2.03. The maximum Gasteiger partial charge on any atom is 0.228 e. The van der Waals surface area contributed by atoms with Gasteiger partial charge in [0.15, 0.2) is 17.1 Å². The van der Waals surface area contributed by atoms with Crippen molar-refractivity contribution in [2.75, 3.05) is 0 Å². The molecule has 0 fully saturated rings. The van der Waals surface area contributed by atoms with Crippen molar-refractivity contribution in [1.82, 2.24) is 9.97 Å². The zero-order valence-corrected chi connectivity index (χ0v) is 15.5. The van der Waals surface area contributed by atoms with Gasteiger partial charge in [-0.25, -0.2) is 4.98 Å². The number of carbonyl (C=O) groups excluding carboxylic acids is 2. The fraction of sp³-hybridized carbons (Fsp3) is 0.300. The van der Waals surface area contributed by atoms with Crippen LogP contribution in [0.2, 0.25) is 5.02 Å². The van der Waals surface area contributed by atoms with Crippen molar-refractivity contribution in [2.45, 2.75) is 39.5 Å². The number of carbonyl (C=O) groups is 2. The number of nitrogens with zero attached hydrogens (tertiary/aromatic N) is 2. The van der Waals surface area contributed by atoms with Crippen LogP contribution in [0.5, 0.6) is 0 Å². The Morgan fingerprint density at radius 2 is 1.65 bits per heavy atom. The van der Waals surface area contributed by atoms with Crippen molar-refractivity contribution >= 4 is 34.4 Å². The first-order valence-corrected chi connectivity index (χ1v) is 9.05. The van der Waals surface area contributed by atoms with Gasteiger partial charge in [-0.2, -0.15) is 4.98 Å². The van der Waals surface area contributed by atoms with Crippen molar-refractivity contribution in [3.05, 3.63) is 46.6 Å². The maximum atomic E-state index is 12.5. The molecule has 0 aliphatic carbocycles. The molecule has 5 nitrogen and oxygen atoms in total. The molecule has 26 heavy (non-hydrogen) atoms. The molecule has 0 spiro atoms. The summed E-state index contributed by atoms with van der Waals surface area (Å²) in [7, 11) is 0. The van der Waals surface area contributed by atoms with Crippen molar-refractivity contribution in [1.29, 1.82) is 0 Å². The highest BCUT2D eigenvalue weighted by Gasteiger charge is 2.21. The molecule has 3 aromatic rings. The van der Waals surface area contributed by atoms with E-state index in [1.165, 1.54) is 6.07 Å². The van der Waals surface area contributed by atoms with E-state index in [1.807, 2.05) is 13.8 Å². The molecular formula is C20H19ClN2O3. The Bertz CT molecular complexity index is 961. The third-order valence-corrected chi connectivity index (χ3v) is 4.24. The smallest absolute Gasteiger partial charge is 0.228 e. The predicted octanol–water partition coefficient (Wildman–Crippen LogP) is 5.51. The zero-order valence-electron chi connectivity index (χ0n) is 14.7. The van der Waals surface area contributed by atoms with Crippen LogP contribution in [0.15, 0.2) is 34.7 Å². The SMILES string of the molecule is CCCC(=O)c1cc(C(=O)CCC)c2oc(-c3ccc(Cl)cc3)nc2n1. The Hall–Kier alpha value is -2.53. The highest BCUT2D eigenvalue weighted by atomic mass is 35.5. The number of halogens is 1. The average Bonchev–Trinajstić information content (AvgIpc) is 3.05. The first-order valence-electron chi connectivity index (χ1n) is 8.67. The molecule has 2 aromatic heterocycles. The summed E-state index contributed by atoms with van der Waals surface area (Å²) in [6.45, 7) is 3.85.